The van der Waals surface area contributed by atoms with E-state index in [4.69, 9.17) is 20.3 Å². The molecule has 1 aliphatic rings. The Labute approximate surface area is 206 Å². The lowest BCUT2D eigenvalue weighted by atomic mass is 9.79. The van der Waals surface area contributed by atoms with Gasteiger partial charge in [-0.3, -0.25) is 30.3 Å². The standard InChI is InChI=1S/C21H24N4O8S2/c1-24-14-19(34,25(28)29)20(21(24,22)35(23,30)31,17(26)32-12-15-8-4-2-5-9-15)18(27)33-13-16-10-6-3-7-11-16/h2-11,34H,12-14,22H2,1H3,(H2,23,30,31). The zero-order valence-electron chi connectivity index (χ0n) is 18.6. The van der Waals surface area contributed by atoms with Gasteiger partial charge in [-0.25, -0.2) is 13.6 Å². The number of hydrogen-bond acceptors (Lipinski definition) is 11. The maximum atomic E-state index is 13.6. The van der Waals surface area contributed by atoms with Gasteiger partial charge < -0.3 is 9.47 Å². The highest BCUT2D eigenvalue weighted by atomic mass is 32.2. The number of likely N-dealkylation sites (tertiary alicyclic amines) is 1. The predicted octanol–water partition coefficient (Wildman–Crippen LogP) is 0.209. The predicted molar refractivity (Wildman–Crippen MR) is 126 cm³/mol. The molecule has 12 nitrogen and oxygen atoms in total. The summed E-state index contributed by atoms with van der Waals surface area (Å²) in [6.45, 7) is -1.74. The molecular formula is C21H24N4O8S2. The summed E-state index contributed by atoms with van der Waals surface area (Å²) >= 11 is 4.06. The normalized spacial score (nSPS) is 24.0. The fraction of sp³-hybridized carbons (Fsp3) is 0.333. The van der Waals surface area contributed by atoms with Crippen molar-refractivity contribution >= 4 is 34.6 Å². The third-order valence-electron chi connectivity index (χ3n) is 5.94. The number of nitrogens with zero attached hydrogens (tertiary/aromatic N) is 2. The number of benzene rings is 2. The minimum absolute atomic E-state index is 0.445. The quantitative estimate of drug-likeness (QED) is 0.108. The SMILES string of the molecule is CN1CC(S)([N+](=O)[O-])C(C(=O)OCc2ccccc2)(C(=O)OCc2ccccc2)C1(N)S(N)(=O)=O. The summed E-state index contributed by atoms with van der Waals surface area (Å²) < 4.78 is 36.1. The van der Waals surface area contributed by atoms with Crippen LogP contribution in [0.25, 0.3) is 0 Å². The lowest BCUT2D eigenvalue weighted by molar-refractivity contribution is -0.545. The number of esters is 2. The van der Waals surface area contributed by atoms with Gasteiger partial charge >= 0.3 is 16.8 Å². The van der Waals surface area contributed by atoms with E-state index in [-0.39, 0.29) is 0 Å². The summed E-state index contributed by atoms with van der Waals surface area (Å²) in [7, 11) is -4.01. The number of thiol groups is 1. The van der Waals surface area contributed by atoms with Crippen molar-refractivity contribution in [3.8, 4) is 0 Å². The van der Waals surface area contributed by atoms with E-state index in [0.29, 0.717) is 16.0 Å². The van der Waals surface area contributed by atoms with Crippen LogP contribution in [-0.4, -0.2) is 53.6 Å². The zero-order valence-corrected chi connectivity index (χ0v) is 20.3. The van der Waals surface area contributed by atoms with Crippen molar-refractivity contribution in [1.82, 2.24) is 4.90 Å². The Balaban J connectivity index is 2.17. The van der Waals surface area contributed by atoms with E-state index < -0.39 is 61.9 Å². The molecule has 0 radical (unpaired) electrons. The van der Waals surface area contributed by atoms with Crippen LogP contribution in [0.3, 0.4) is 0 Å². The van der Waals surface area contributed by atoms with Gasteiger partial charge in [-0.15, -0.1) is 0 Å². The van der Waals surface area contributed by atoms with Crippen LogP contribution in [0.1, 0.15) is 11.1 Å². The Morgan fingerprint density at radius 1 is 1.03 bits per heavy atom. The smallest absolute Gasteiger partial charge is 0.337 e. The lowest BCUT2D eigenvalue weighted by Crippen LogP contribution is -2.75. The van der Waals surface area contributed by atoms with Crippen LogP contribution in [0, 0.1) is 15.5 Å². The minimum atomic E-state index is -5.07. The molecule has 2 unspecified atom stereocenters. The second-order valence-electron chi connectivity index (χ2n) is 8.04. The number of nitrogens with two attached hydrogens (primary N) is 2. The molecule has 0 saturated carbocycles. The number of carbonyl (C=O) groups excluding carboxylic acids is 2. The van der Waals surface area contributed by atoms with E-state index in [0.717, 1.165) is 7.05 Å². The Kier molecular flexibility index (Phi) is 7.24. The van der Waals surface area contributed by atoms with Crippen molar-refractivity contribution in [3.05, 3.63) is 81.9 Å². The summed E-state index contributed by atoms with van der Waals surface area (Å²) in [5, 5.41) is 17.6. The summed E-state index contributed by atoms with van der Waals surface area (Å²) in [5.41, 5.74) is 3.79. The summed E-state index contributed by atoms with van der Waals surface area (Å²) in [6.07, 6.45) is 0. The van der Waals surface area contributed by atoms with Crippen LogP contribution < -0.4 is 10.9 Å². The first-order chi connectivity index (χ1) is 16.3. The fourth-order valence-electron chi connectivity index (χ4n) is 4.13. The van der Waals surface area contributed by atoms with E-state index in [1.807, 2.05) is 0 Å². The zero-order chi connectivity index (χ0) is 26.1. The molecule has 0 bridgehead atoms. The van der Waals surface area contributed by atoms with E-state index in [2.05, 4.69) is 12.6 Å². The maximum Gasteiger partial charge on any atom is 0.337 e. The monoisotopic (exact) mass is 524 g/mol. The van der Waals surface area contributed by atoms with Gasteiger partial charge in [0.1, 0.15) is 13.2 Å². The topological polar surface area (TPSA) is 185 Å². The molecule has 14 heteroatoms. The number of likely N-dealkylation sites (N-methyl/N-ethyl adjacent to an activating group) is 1. The van der Waals surface area contributed by atoms with E-state index in [1.54, 1.807) is 60.7 Å². The van der Waals surface area contributed by atoms with Gasteiger partial charge in [-0.2, -0.15) is 0 Å². The van der Waals surface area contributed by atoms with E-state index in [1.165, 1.54) is 0 Å². The number of rotatable bonds is 8. The number of ether oxygens (including phenoxy) is 2. The Bertz CT molecular complexity index is 1170. The molecule has 1 heterocycles. The molecule has 3 rings (SSSR count). The summed E-state index contributed by atoms with van der Waals surface area (Å²) in [6, 6.07) is 16.4. The molecule has 2 atom stereocenters. The molecule has 188 valence electrons. The van der Waals surface area contributed by atoms with Gasteiger partial charge in [0.2, 0.25) is 15.0 Å². The first kappa shape index (κ1) is 26.6. The van der Waals surface area contributed by atoms with Crippen LogP contribution in [0.5, 0.6) is 0 Å². The van der Waals surface area contributed by atoms with Crippen molar-refractivity contribution in [2.24, 2.45) is 16.3 Å². The molecule has 1 fully saturated rings. The number of hydrogen-bond donors (Lipinski definition) is 3. The Hall–Kier alpha value is -3.04. The number of carbonyl (C=O) groups is 2. The van der Waals surface area contributed by atoms with Crippen molar-refractivity contribution in [3.63, 3.8) is 0 Å². The van der Waals surface area contributed by atoms with Crippen molar-refractivity contribution in [1.29, 1.82) is 0 Å². The van der Waals surface area contributed by atoms with Crippen LogP contribution in [0.15, 0.2) is 60.7 Å². The molecule has 0 aromatic heterocycles. The van der Waals surface area contributed by atoms with Gasteiger partial charge in [0.15, 0.2) is 0 Å². The number of nitro groups is 1. The summed E-state index contributed by atoms with van der Waals surface area (Å²) in [4.78, 5) is 33.1. The average molecular weight is 525 g/mol. The van der Waals surface area contributed by atoms with E-state index in [9.17, 15) is 28.1 Å². The van der Waals surface area contributed by atoms with Gasteiger partial charge in [-0.05, 0) is 18.2 Å². The lowest BCUT2D eigenvalue weighted by Gasteiger charge is -2.40. The molecule has 1 aliphatic heterocycles. The van der Waals surface area contributed by atoms with Gasteiger partial charge in [0, 0.05) is 4.92 Å². The van der Waals surface area contributed by atoms with Gasteiger partial charge in [0.05, 0.1) is 6.54 Å². The summed E-state index contributed by atoms with van der Waals surface area (Å²) in [5.74, 6) is -3.24. The Morgan fingerprint density at radius 3 is 1.77 bits per heavy atom. The molecule has 0 aliphatic carbocycles. The van der Waals surface area contributed by atoms with Crippen LogP contribution in [-0.2, 0) is 42.3 Å². The molecule has 0 amide bonds. The van der Waals surface area contributed by atoms with Crippen molar-refractivity contribution < 1.29 is 32.4 Å². The minimum Gasteiger partial charge on any atom is -0.460 e. The highest BCUT2D eigenvalue weighted by Gasteiger charge is 2.88. The van der Waals surface area contributed by atoms with Crippen LogP contribution >= 0.6 is 12.6 Å². The molecule has 0 spiro atoms. The van der Waals surface area contributed by atoms with Crippen molar-refractivity contribution in [2.75, 3.05) is 13.6 Å². The number of primary sulfonamides is 1. The first-order valence-electron chi connectivity index (χ1n) is 10.1. The number of sulfonamides is 1. The van der Waals surface area contributed by atoms with Gasteiger partial charge in [-0.1, -0.05) is 73.3 Å². The molecule has 35 heavy (non-hydrogen) atoms. The molecule has 2 aromatic rings. The van der Waals surface area contributed by atoms with Crippen molar-refractivity contribution in [2.45, 2.75) is 23.1 Å². The molecule has 2 aromatic carbocycles. The highest BCUT2D eigenvalue weighted by Crippen LogP contribution is 2.55. The second kappa shape index (κ2) is 9.54. The second-order valence-corrected chi connectivity index (χ2v) is 10.5. The molecule has 1 saturated heterocycles. The third kappa shape index (κ3) is 4.16. The highest BCUT2D eigenvalue weighted by molar-refractivity contribution is 7.90. The average Bonchev–Trinajstić information content (AvgIpc) is 3.01. The Morgan fingerprint density at radius 2 is 1.43 bits per heavy atom. The first-order valence-corrected chi connectivity index (χ1v) is 12.1. The largest absolute Gasteiger partial charge is 0.460 e. The van der Waals surface area contributed by atoms with Gasteiger partial charge in [0.25, 0.3) is 5.41 Å². The van der Waals surface area contributed by atoms with E-state index >= 15 is 0 Å². The maximum absolute atomic E-state index is 13.6. The fourth-order valence-corrected chi connectivity index (χ4v) is 6.03. The molecular weight excluding hydrogens is 500 g/mol. The third-order valence-corrected chi connectivity index (χ3v) is 8.06. The molecule has 4 N–H and O–H groups in total. The van der Waals surface area contributed by atoms with Crippen LogP contribution in [0.2, 0.25) is 0 Å². The van der Waals surface area contributed by atoms with Crippen LogP contribution in [0.4, 0.5) is 0 Å².